The predicted octanol–water partition coefficient (Wildman–Crippen LogP) is 9.60. The van der Waals surface area contributed by atoms with Crippen molar-refractivity contribution in [1.82, 2.24) is 14.7 Å². The second kappa shape index (κ2) is 16.3. The first-order valence-electron chi connectivity index (χ1n) is 15.6. The molecule has 0 N–H and O–H groups in total. The summed E-state index contributed by atoms with van der Waals surface area (Å²) in [5, 5.41) is 0. The van der Waals surface area contributed by atoms with E-state index in [1.807, 2.05) is 0 Å². The quantitative estimate of drug-likeness (QED) is 0.141. The Morgan fingerprint density at radius 1 is 0.333 bits per heavy atom. The first kappa shape index (κ1) is 44.5. The average Bonchev–Trinajstić information content (AvgIpc) is 3.06. The molecule has 0 saturated carbocycles. The number of nitrogens with zero attached hydrogens (tertiary/aromatic N) is 6. The van der Waals surface area contributed by atoms with E-state index in [4.69, 9.17) is 0 Å². The van der Waals surface area contributed by atoms with Gasteiger partial charge in [0, 0.05) is 16.7 Å². The number of benzene rings is 3. The van der Waals surface area contributed by atoms with Crippen LogP contribution in [0.4, 0.5) is 79.0 Å². The molecule has 4 rings (SSSR count). The van der Waals surface area contributed by atoms with Crippen molar-refractivity contribution in [2.45, 2.75) is 55.2 Å². The molecule has 24 heteroatoms. The van der Waals surface area contributed by atoms with Crippen LogP contribution in [0.15, 0.2) is 106 Å². The van der Waals surface area contributed by atoms with Crippen LogP contribution in [0, 0.1) is 0 Å². The summed E-state index contributed by atoms with van der Waals surface area (Å²) in [4.78, 5) is 9.65. The molecule has 1 heterocycles. The van der Waals surface area contributed by atoms with Crippen LogP contribution in [-0.2, 0) is 0 Å². The fraction of sp³-hybridized carbons (Fsp3) is 0.364. The number of hydrogen-bond acceptors (Lipinski definition) is 3. The second-order valence-electron chi connectivity index (χ2n) is 12.0. The maximum absolute atomic E-state index is 13.9. The van der Waals surface area contributed by atoms with Gasteiger partial charge in [0.05, 0.1) is 20.0 Å². The van der Waals surface area contributed by atoms with Gasteiger partial charge in [0.2, 0.25) is 18.1 Å². The van der Waals surface area contributed by atoms with Gasteiger partial charge in [-0.1, -0.05) is 91.0 Å². The molecule has 312 valence electrons. The summed E-state index contributed by atoms with van der Waals surface area (Å²) in [5.74, 6) is -4.01. The van der Waals surface area contributed by atoms with E-state index in [-0.39, 0.29) is 0 Å². The van der Waals surface area contributed by atoms with Crippen molar-refractivity contribution in [3.8, 4) is 0 Å². The number of amidine groups is 3. The highest BCUT2D eigenvalue weighted by Gasteiger charge is 2.60. The molecular formula is C33H24F18N6. The van der Waals surface area contributed by atoms with Gasteiger partial charge >= 0.3 is 37.1 Å². The molecule has 57 heavy (non-hydrogen) atoms. The zero-order valence-electron chi connectivity index (χ0n) is 28.0. The number of halogens is 18. The number of rotatable bonds is 6. The van der Waals surface area contributed by atoms with E-state index >= 15 is 0 Å². The molecule has 1 fully saturated rings. The topological polar surface area (TPSA) is 46.8 Å². The van der Waals surface area contributed by atoms with Gasteiger partial charge in [0.1, 0.15) is 17.5 Å². The Hall–Kier alpha value is -5.19. The van der Waals surface area contributed by atoms with Crippen LogP contribution in [0.25, 0.3) is 0 Å². The third kappa shape index (κ3) is 11.5. The molecule has 0 spiro atoms. The van der Waals surface area contributed by atoms with Gasteiger partial charge in [-0.05, 0) is 0 Å². The van der Waals surface area contributed by atoms with Gasteiger partial charge in [0.15, 0.2) is 0 Å². The van der Waals surface area contributed by atoms with Gasteiger partial charge < -0.3 is 14.7 Å². The van der Waals surface area contributed by atoms with E-state index in [1.165, 1.54) is 18.2 Å². The minimum atomic E-state index is -6.19. The van der Waals surface area contributed by atoms with Crippen LogP contribution in [0.3, 0.4) is 0 Å². The normalized spacial score (nSPS) is 16.4. The lowest BCUT2D eigenvalue weighted by atomic mass is 10.1. The molecule has 0 bridgehead atoms. The van der Waals surface area contributed by atoms with Gasteiger partial charge in [-0.25, -0.2) is 15.0 Å². The summed E-state index contributed by atoms with van der Waals surface area (Å²) in [7, 11) is 0. The molecule has 3 aromatic rings. The Bertz CT molecular complexity index is 1600. The van der Waals surface area contributed by atoms with Crippen LogP contribution in [-0.4, -0.2) is 107 Å². The Balaban J connectivity index is 2.12. The average molecular weight is 847 g/mol. The molecule has 3 aromatic carbocycles. The third-order valence-electron chi connectivity index (χ3n) is 7.63. The highest BCUT2D eigenvalue weighted by atomic mass is 19.4. The SMILES string of the molecule is FC(F)(F)C(N=C(c1ccccc1)N1CN(C(=NC(C(F)(F)F)C(F)(F)F)c2ccccc2)CN(C(=NC(C(F)(F)F)C(F)(F)F)c2ccccc2)C1)C(F)(F)F. The second-order valence-corrected chi connectivity index (χ2v) is 12.0. The molecule has 6 nitrogen and oxygen atoms in total. The van der Waals surface area contributed by atoms with E-state index in [0.29, 0.717) is 14.7 Å². The van der Waals surface area contributed by atoms with Crippen molar-refractivity contribution in [2.75, 3.05) is 20.0 Å². The lowest BCUT2D eigenvalue weighted by Crippen LogP contribution is -2.61. The summed E-state index contributed by atoms with van der Waals surface area (Å²) >= 11 is 0. The summed E-state index contributed by atoms with van der Waals surface area (Å²) < 4.78 is 250. The standard InChI is InChI=1S/C33H24F18N6/c34-28(35,36)25(29(37,38)39)52-22(19-10-4-1-5-11-19)55-16-56(23(20-12-6-2-7-13-20)53-26(30(40,41)42)31(43,44)45)18-57(17-55)24(21-14-8-3-9-15-21)54-27(32(46,47)48)33(49,50)51/h1-15,25-27H,16-18H2. The smallest absolute Gasteiger partial charge is 0.321 e. The molecule has 0 radical (unpaired) electrons. The largest absolute Gasteiger partial charge is 0.419 e. The highest BCUT2D eigenvalue weighted by Crippen LogP contribution is 2.39. The van der Waals surface area contributed by atoms with Gasteiger partial charge in [0.25, 0.3) is 0 Å². The maximum Gasteiger partial charge on any atom is 0.419 e. The molecule has 1 aliphatic heterocycles. The van der Waals surface area contributed by atoms with Crippen LogP contribution >= 0.6 is 0 Å². The molecule has 0 aliphatic carbocycles. The zero-order chi connectivity index (χ0) is 42.8. The van der Waals surface area contributed by atoms with Crippen LogP contribution in [0.1, 0.15) is 16.7 Å². The highest BCUT2D eigenvalue weighted by molar-refractivity contribution is 6.03. The van der Waals surface area contributed by atoms with Crippen molar-refractivity contribution >= 4 is 17.5 Å². The van der Waals surface area contributed by atoms with Gasteiger partial charge in [-0.3, -0.25) is 0 Å². The molecule has 1 aliphatic rings. The van der Waals surface area contributed by atoms with Crippen molar-refractivity contribution in [3.63, 3.8) is 0 Å². The van der Waals surface area contributed by atoms with Gasteiger partial charge in [-0.2, -0.15) is 79.0 Å². The number of alkyl halides is 18. The van der Waals surface area contributed by atoms with E-state index < -0.39 is 109 Å². The first-order chi connectivity index (χ1) is 26.1. The fourth-order valence-electron chi connectivity index (χ4n) is 5.29. The number of hydrogen-bond donors (Lipinski definition) is 0. The maximum atomic E-state index is 13.9. The Labute approximate surface area is 309 Å². The number of aliphatic imine (C=N–C) groups is 3. The molecule has 0 aromatic heterocycles. The summed E-state index contributed by atoms with van der Waals surface area (Å²) in [6.45, 7) is -3.90. The van der Waals surface area contributed by atoms with Crippen molar-refractivity contribution in [3.05, 3.63) is 108 Å². The van der Waals surface area contributed by atoms with E-state index in [9.17, 15) is 79.0 Å². The molecular weight excluding hydrogens is 822 g/mol. The minimum absolute atomic E-state index is 0.354. The van der Waals surface area contributed by atoms with Crippen molar-refractivity contribution in [2.24, 2.45) is 15.0 Å². The van der Waals surface area contributed by atoms with E-state index in [0.717, 1.165) is 72.8 Å². The Kier molecular flexibility index (Phi) is 12.8. The van der Waals surface area contributed by atoms with Crippen LogP contribution < -0.4 is 0 Å². The lowest BCUT2D eigenvalue weighted by Gasteiger charge is -2.46. The minimum Gasteiger partial charge on any atom is -0.321 e. The Morgan fingerprint density at radius 3 is 0.667 bits per heavy atom. The van der Waals surface area contributed by atoms with Crippen molar-refractivity contribution < 1.29 is 79.0 Å². The summed E-state index contributed by atoms with van der Waals surface area (Å²) in [5.41, 5.74) is -1.83. The van der Waals surface area contributed by atoms with E-state index in [2.05, 4.69) is 15.0 Å². The first-order valence-corrected chi connectivity index (χ1v) is 15.6. The summed E-state index contributed by atoms with van der Waals surface area (Å²) in [6.07, 6.45) is -37.2. The monoisotopic (exact) mass is 846 g/mol. The Morgan fingerprint density at radius 2 is 0.509 bits per heavy atom. The van der Waals surface area contributed by atoms with E-state index in [1.54, 1.807) is 0 Å². The predicted molar refractivity (Wildman–Crippen MR) is 167 cm³/mol. The summed E-state index contributed by atoms with van der Waals surface area (Å²) in [6, 6.07) is 1.78. The molecule has 0 amide bonds. The zero-order valence-corrected chi connectivity index (χ0v) is 28.0. The van der Waals surface area contributed by atoms with Gasteiger partial charge in [-0.15, -0.1) is 0 Å². The molecule has 0 unspecified atom stereocenters. The molecule has 0 atom stereocenters. The van der Waals surface area contributed by atoms with Crippen LogP contribution in [0.5, 0.6) is 0 Å². The fourth-order valence-corrected chi connectivity index (χ4v) is 5.29. The molecule has 1 saturated heterocycles. The van der Waals surface area contributed by atoms with Crippen LogP contribution in [0.2, 0.25) is 0 Å². The third-order valence-corrected chi connectivity index (χ3v) is 7.63. The van der Waals surface area contributed by atoms with Crippen molar-refractivity contribution in [1.29, 1.82) is 0 Å². The lowest BCUT2D eigenvalue weighted by molar-refractivity contribution is -0.249.